The number of imidazole rings is 1. The number of aromatic nitrogens is 2. The quantitative estimate of drug-likeness (QED) is 0.667. The predicted molar refractivity (Wildman–Crippen MR) is 79.4 cm³/mol. The molecule has 7 heteroatoms. The SMILES string of the molecule is CC1(CNc2nc3ccc([N+](=O)[O-])cc3[nH]2)CCOCC1. The van der Waals surface area contributed by atoms with Crippen molar-refractivity contribution >= 4 is 22.7 Å². The fourth-order valence-electron chi connectivity index (χ4n) is 2.53. The first kappa shape index (κ1) is 13.8. The molecule has 2 N–H and O–H groups in total. The van der Waals surface area contributed by atoms with Gasteiger partial charge in [0.15, 0.2) is 0 Å². The minimum absolute atomic E-state index is 0.0640. The Bertz CT molecular complexity index is 661. The average Bonchev–Trinajstić information content (AvgIpc) is 2.88. The molecule has 112 valence electrons. The van der Waals surface area contributed by atoms with Gasteiger partial charge in [-0.05, 0) is 24.3 Å². The van der Waals surface area contributed by atoms with E-state index in [1.54, 1.807) is 6.07 Å². The smallest absolute Gasteiger partial charge is 0.271 e. The summed E-state index contributed by atoms with van der Waals surface area (Å²) in [7, 11) is 0. The Hall–Kier alpha value is -2.15. The summed E-state index contributed by atoms with van der Waals surface area (Å²) in [6, 6.07) is 4.63. The molecule has 1 aliphatic rings. The van der Waals surface area contributed by atoms with Gasteiger partial charge < -0.3 is 15.0 Å². The van der Waals surface area contributed by atoms with Crippen LogP contribution in [0.5, 0.6) is 0 Å². The van der Waals surface area contributed by atoms with Gasteiger partial charge >= 0.3 is 0 Å². The third kappa shape index (κ3) is 2.97. The van der Waals surface area contributed by atoms with Crippen LogP contribution in [0.2, 0.25) is 0 Å². The highest BCUT2D eigenvalue weighted by Gasteiger charge is 2.27. The van der Waals surface area contributed by atoms with Crippen LogP contribution in [0.15, 0.2) is 18.2 Å². The molecular formula is C14H18N4O3. The number of rotatable bonds is 4. The molecule has 0 atom stereocenters. The molecule has 0 radical (unpaired) electrons. The molecule has 0 bridgehead atoms. The minimum atomic E-state index is -0.406. The largest absolute Gasteiger partial charge is 0.381 e. The van der Waals surface area contributed by atoms with Crippen LogP contribution in [0, 0.1) is 15.5 Å². The normalized spacial score (nSPS) is 17.8. The van der Waals surface area contributed by atoms with Gasteiger partial charge in [-0.3, -0.25) is 10.1 Å². The first-order valence-electron chi connectivity index (χ1n) is 7.02. The first-order valence-corrected chi connectivity index (χ1v) is 7.02. The molecule has 21 heavy (non-hydrogen) atoms. The standard InChI is InChI=1S/C14H18N4O3/c1-14(4-6-21-7-5-14)9-15-13-16-11-3-2-10(18(19)20)8-12(11)17-13/h2-3,8H,4-7,9H2,1H3,(H2,15,16,17). The maximum absolute atomic E-state index is 10.8. The van der Waals surface area contributed by atoms with E-state index >= 15 is 0 Å². The number of benzene rings is 1. The summed E-state index contributed by atoms with van der Waals surface area (Å²) in [6.07, 6.45) is 2.04. The molecule has 1 saturated heterocycles. The predicted octanol–water partition coefficient (Wildman–Crippen LogP) is 2.70. The van der Waals surface area contributed by atoms with Gasteiger partial charge in [0.05, 0.1) is 16.0 Å². The maximum Gasteiger partial charge on any atom is 0.271 e. The molecule has 2 aromatic rings. The third-order valence-corrected chi connectivity index (χ3v) is 4.06. The highest BCUT2D eigenvalue weighted by molar-refractivity contribution is 5.79. The number of hydrogen-bond acceptors (Lipinski definition) is 5. The molecule has 0 spiro atoms. The highest BCUT2D eigenvalue weighted by Crippen LogP contribution is 2.30. The Morgan fingerprint density at radius 2 is 2.24 bits per heavy atom. The Labute approximate surface area is 121 Å². The molecule has 0 aliphatic carbocycles. The molecule has 0 amide bonds. The molecule has 1 fully saturated rings. The summed E-state index contributed by atoms with van der Waals surface area (Å²) in [5.74, 6) is 0.651. The van der Waals surface area contributed by atoms with Crippen LogP contribution in [-0.2, 0) is 4.74 Å². The summed E-state index contributed by atoms with van der Waals surface area (Å²) in [6.45, 7) is 4.63. The van der Waals surface area contributed by atoms with Crippen molar-refractivity contribution < 1.29 is 9.66 Å². The number of H-pyrrole nitrogens is 1. The van der Waals surface area contributed by atoms with E-state index in [1.807, 2.05) is 0 Å². The fraction of sp³-hybridized carbons (Fsp3) is 0.500. The van der Waals surface area contributed by atoms with Crippen LogP contribution in [-0.4, -0.2) is 34.6 Å². The van der Waals surface area contributed by atoms with Crippen LogP contribution in [0.25, 0.3) is 11.0 Å². The number of fused-ring (bicyclic) bond motifs is 1. The fourth-order valence-corrected chi connectivity index (χ4v) is 2.53. The second kappa shape index (κ2) is 5.33. The van der Waals surface area contributed by atoms with Gasteiger partial charge in [-0.15, -0.1) is 0 Å². The van der Waals surface area contributed by atoms with Crippen LogP contribution in [0.4, 0.5) is 11.6 Å². The van der Waals surface area contributed by atoms with Gasteiger partial charge in [0.2, 0.25) is 5.95 Å². The summed E-state index contributed by atoms with van der Waals surface area (Å²) in [5, 5.41) is 14.1. The topological polar surface area (TPSA) is 93.1 Å². The second-order valence-electron chi connectivity index (χ2n) is 5.82. The summed E-state index contributed by atoms with van der Waals surface area (Å²) < 4.78 is 5.39. The Morgan fingerprint density at radius 3 is 2.95 bits per heavy atom. The minimum Gasteiger partial charge on any atom is -0.381 e. The van der Waals surface area contributed by atoms with Crippen LogP contribution in [0.3, 0.4) is 0 Å². The number of aromatic amines is 1. The first-order chi connectivity index (χ1) is 10.1. The number of nitrogens with zero attached hydrogens (tertiary/aromatic N) is 2. The van der Waals surface area contributed by atoms with Crippen molar-refractivity contribution in [3.05, 3.63) is 28.3 Å². The van der Waals surface area contributed by atoms with Crippen molar-refractivity contribution in [1.29, 1.82) is 0 Å². The lowest BCUT2D eigenvalue weighted by atomic mass is 9.82. The maximum atomic E-state index is 10.8. The second-order valence-corrected chi connectivity index (χ2v) is 5.82. The zero-order chi connectivity index (χ0) is 14.9. The van der Waals surface area contributed by atoms with E-state index in [4.69, 9.17) is 4.74 Å². The number of nitro groups is 1. The van der Waals surface area contributed by atoms with E-state index in [-0.39, 0.29) is 11.1 Å². The number of nitro benzene ring substituents is 1. The lowest BCUT2D eigenvalue weighted by Gasteiger charge is -2.33. The van der Waals surface area contributed by atoms with Crippen LogP contribution >= 0.6 is 0 Å². The number of hydrogen-bond donors (Lipinski definition) is 2. The van der Waals surface area contributed by atoms with Crippen molar-refractivity contribution in [2.45, 2.75) is 19.8 Å². The van der Waals surface area contributed by atoms with E-state index in [1.165, 1.54) is 12.1 Å². The zero-order valence-electron chi connectivity index (χ0n) is 11.9. The molecule has 0 saturated carbocycles. The van der Waals surface area contributed by atoms with E-state index < -0.39 is 4.92 Å². The number of anilines is 1. The molecule has 1 aromatic heterocycles. The molecule has 1 aromatic carbocycles. The van der Waals surface area contributed by atoms with Gasteiger partial charge in [-0.25, -0.2) is 4.98 Å². The number of ether oxygens (including phenoxy) is 1. The van der Waals surface area contributed by atoms with Gasteiger partial charge in [0.1, 0.15) is 0 Å². The number of non-ortho nitro benzene ring substituents is 1. The van der Waals surface area contributed by atoms with Gasteiger partial charge in [0.25, 0.3) is 5.69 Å². The van der Waals surface area contributed by atoms with Gasteiger partial charge in [0, 0.05) is 31.9 Å². The summed E-state index contributed by atoms with van der Waals surface area (Å²) >= 11 is 0. The van der Waals surface area contributed by atoms with E-state index in [2.05, 4.69) is 22.2 Å². The third-order valence-electron chi connectivity index (χ3n) is 4.06. The van der Waals surface area contributed by atoms with Crippen molar-refractivity contribution in [2.24, 2.45) is 5.41 Å². The average molecular weight is 290 g/mol. The Kier molecular flexibility index (Phi) is 3.50. The highest BCUT2D eigenvalue weighted by atomic mass is 16.6. The van der Waals surface area contributed by atoms with E-state index in [9.17, 15) is 10.1 Å². The van der Waals surface area contributed by atoms with Crippen molar-refractivity contribution in [1.82, 2.24) is 9.97 Å². The van der Waals surface area contributed by atoms with Crippen LogP contribution in [0.1, 0.15) is 19.8 Å². The van der Waals surface area contributed by atoms with E-state index in [0.29, 0.717) is 11.5 Å². The molecule has 0 unspecified atom stereocenters. The molecule has 1 aliphatic heterocycles. The van der Waals surface area contributed by atoms with Gasteiger partial charge in [-0.1, -0.05) is 6.92 Å². The lowest BCUT2D eigenvalue weighted by Crippen LogP contribution is -2.33. The van der Waals surface area contributed by atoms with Crippen LogP contribution < -0.4 is 5.32 Å². The van der Waals surface area contributed by atoms with Crippen molar-refractivity contribution in [3.8, 4) is 0 Å². The van der Waals surface area contributed by atoms with Crippen molar-refractivity contribution in [2.75, 3.05) is 25.1 Å². The van der Waals surface area contributed by atoms with E-state index in [0.717, 1.165) is 38.1 Å². The summed E-state index contributed by atoms with van der Waals surface area (Å²) in [5.41, 5.74) is 1.65. The molecular weight excluding hydrogens is 272 g/mol. The monoisotopic (exact) mass is 290 g/mol. The molecule has 2 heterocycles. The van der Waals surface area contributed by atoms with Crippen molar-refractivity contribution in [3.63, 3.8) is 0 Å². The number of nitrogens with one attached hydrogen (secondary N) is 2. The van der Waals surface area contributed by atoms with Gasteiger partial charge in [-0.2, -0.15) is 0 Å². The zero-order valence-corrected chi connectivity index (χ0v) is 11.9. The Morgan fingerprint density at radius 1 is 1.48 bits per heavy atom. The Balaban J connectivity index is 1.73. The summed E-state index contributed by atoms with van der Waals surface area (Å²) in [4.78, 5) is 17.9. The molecule has 7 nitrogen and oxygen atoms in total. The lowest BCUT2D eigenvalue weighted by molar-refractivity contribution is -0.384. The molecule has 3 rings (SSSR count).